The Morgan fingerprint density at radius 2 is 1.69 bits per heavy atom. The molecule has 0 saturated heterocycles. The summed E-state index contributed by atoms with van der Waals surface area (Å²) in [5, 5.41) is 0. The second-order valence-corrected chi connectivity index (χ2v) is 6.87. The van der Waals surface area contributed by atoms with Gasteiger partial charge in [0.2, 0.25) is 0 Å². The van der Waals surface area contributed by atoms with Crippen molar-refractivity contribution in [3.8, 4) is 0 Å². The maximum atomic E-state index is 12.7. The molecular formula is C20H18BrN2O3. The van der Waals surface area contributed by atoms with Gasteiger partial charge in [0.25, 0.3) is 11.5 Å². The number of aromatic nitrogens is 2. The van der Waals surface area contributed by atoms with Crippen LogP contribution < -0.4 is 11.2 Å². The minimum atomic E-state index is -0.642. The van der Waals surface area contributed by atoms with Crippen LogP contribution in [0.2, 0.25) is 0 Å². The van der Waals surface area contributed by atoms with E-state index in [0.29, 0.717) is 16.7 Å². The predicted molar refractivity (Wildman–Crippen MR) is 103 cm³/mol. The number of hydrogen-bond donors (Lipinski definition) is 0. The quantitative estimate of drug-likeness (QED) is 0.683. The van der Waals surface area contributed by atoms with E-state index >= 15 is 0 Å². The van der Waals surface area contributed by atoms with E-state index < -0.39 is 17.2 Å². The first kappa shape index (κ1) is 18.8. The maximum Gasteiger partial charge on any atom is 0.338 e. The molecule has 0 spiro atoms. The van der Waals surface area contributed by atoms with Crippen LogP contribution in [0.15, 0.2) is 50.6 Å². The first-order valence-corrected chi connectivity index (χ1v) is 9.19. The molecule has 1 heterocycles. The van der Waals surface area contributed by atoms with Crippen molar-refractivity contribution < 1.29 is 4.79 Å². The van der Waals surface area contributed by atoms with E-state index in [-0.39, 0.29) is 4.47 Å². The van der Waals surface area contributed by atoms with Crippen LogP contribution in [0, 0.1) is 31.6 Å². The first-order chi connectivity index (χ1) is 12.6. The zero-order chi connectivity index (χ0) is 18.5. The lowest BCUT2D eigenvalue weighted by atomic mass is 10.0. The number of carbonyl (C=O) groups excluding carboxylic acids is 1. The van der Waals surface area contributed by atoms with E-state index in [4.69, 9.17) is 0 Å². The van der Waals surface area contributed by atoms with Gasteiger partial charge in [-0.3, -0.25) is 14.2 Å². The molecule has 5 radical (unpaired) electrons. The summed E-state index contributed by atoms with van der Waals surface area (Å²) in [7, 11) is 0. The normalized spacial score (nSPS) is 14.7. The van der Waals surface area contributed by atoms with Crippen LogP contribution in [0.4, 0.5) is 0 Å². The largest absolute Gasteiger partial charge is 0.338 e. The standard InChI is InChI=1S/C20H18BrN2O3/c21-17-14-22(13-7-6-10-15-8-4-5-9-15)20(26)23(19(17)25)18(24)16-11-2-1-3-12-16/h1-5,8-9,11-12,14H,6-7,10,13H2. The van der Waals surface area contributed by atoms with Gasteiger partial charge in [0, 0.05) is 18.3 Å². The first-order valence-electron chi connectivity index (χ1n) is 8.40. The summed E-state index contributed by atoms with van der Waals surface area (Å²) < 4.78 is 2.30. The molecule has 6 heteroatoms. The number of benzene rings is 1. The molecule has 133 valence electrons. The van der Waals surface area contributed by atoms with Crippen molar-refractivity contribution in [2.24, 2.45) is 0 Å². The lowest BCUT2D eigenvalue weighted by molar-refractivity contribution is 0.0948. The molecule has 1 aliphatic carbocycles. The molecule has 1 aromatic heterocycles. The van der Waals surface area contributed by atoms with Crippen molar-refractivity contribution in [2.45, 2.75) is 25.8 Å². The van der Waals surface area contributed by atoms with Crippen molar-refractivity contribution in [1.82, 2.24) is 9.13 Å². The van der Waals surface area contributed by atoms with E-state index in [0.717, 1.165) is 19.3 Å². The SMILES string of the molecule is O=C(c1ccccc1)n1c(=O)c(Br)cn(CCCC[C]2[CH][CH][CH][CH]2)c1=O. The molecule has 0 atom stereocenters. The summed E-state index contributed by atoms with van der Waals surface area (Å²) in [4.78, 5) is 37.6. The van der Waals surface area contributed by atoms with Crippen molar-refractivity contribution in [1.29, 1.82) is 0 Å². The Hall–Kier alpha value is -1.95. The van der Waals surface area contributed by atoms with Crippen molar-refractivity contribution in [3.05, 3.63) is 99.0 Å². The number of halogens is 1. The molecule has 0 amide bonds. The van der Waals surface area contributed by atoms with Crippen molar-refractivity contribution >= 4 is 21.8 Å². The number of hydrogen-bond acceptors (Lipinski definition) is 3. The van der Waals surface area contributed by atoms with Gasteiger partial charge in [-0.15, -0.1) is 0 Å². The Labute approximate surface area is 160 Å². The molecule has 1 aliphatic rings. The highest BCUT2D eigenvalue weighted by atomic mass is 79.9. The molecule has 3 rings (SSSR count). The number of carbonyl (C=O) groups is 1. The Morgan fingerprint density at radius 3 is 2.38 bits per heavy atom. The number of aryl methyl sites for hydroxylation is 1. The number of nitrogens with zero attached hydrogens (tertiary/aromatic N) is 2. The Morgan fingerprint density at radius 1 is 1.00 bits per heavy atom. The second-order valence-electron chi connectivity index (χ2n) is 6.02. The number of unbranched alkanes of at least 4 members (excludes halogenated alkanes) is 1. The number of rotatable bonds is 6. The van der Waals surface area contributed by atoms with E-state index in [9.17, 15) is 14.4 Å². The summed E-state index contributed by atoms with van der Waals surface area (Å²) >= 11 is 3.17. The summed E-state index contributed by atoms with van der Waals surface area (Å²) in [5.74, 6) is 0.648. The third-order valence-corrected chi connectivity index (χ3v) is 4.73. The molecule has 0 aliphatic heterocycles. The van der Waals surface area contributed by atoms with Crippen LogP contribution in [0.1, 0.15) is 29.6 Å². The predicted octanol–water partition coefficient (Wildman–Crippen LogP) is 3.04. The monoisotopic (exact) mass is 413 g/mol. The molecule has 0 bridgehead atoms. The Kier molecular flexibility index (Phi) is 6.25. The Bertz CT molecular complexity index is 880. The van der Waals surface area contributed by atoms with Crippen LogP contribution in [-0.4, -0.2) is 15.0 Å². The van der Waals surface area contributed by atoms with Gasteiger partial charge < -0.3 is 0 Å². The van der Waals surface area contributed by atoms with E-state index in [1.807, 2.05) is 12.8 Å². The zero-order valence-electron chi connectivity index (χ0n) is 14.1. The van der Waals surface area contributed by atoms with Gasteiger partial charge >= 0.3 is 5.69 Å². The lowest BCUT2D eigenvalue weighted by Crippen LogP contribution is -2.44. The minimum absolute atomic E-state index is 0.192. The molecule has 1 fully saturated rings. The van der Waals surface area contributed by atoms with Crippen molar-refractivity contribution in [3.63, 3.8) is 0 Å². The lowest BCUT2D eigenvalue weighted by Gasteiger charge is -2.11. The molecule has 5 nitrogen and oxygen atoms in total. The van der Waals surface area contributed by atoms with Gasteiger partial charge in [-0.05, 0) is 72.5 Å². The fourth-order valence-electron chi connectivity index (χ4n) is 2.81. The van der Waals surface area contributed by atoms with Crippen LogP contribution in [0.25, 0.3) is 0 Å². The van der Waals surface area contributed by atoms with Crippen molar-refractivity contribution in [2.75, 3.05) is 0 Å². The minimum Gasteiger partial charge on any atom is -0.299 e. The molecular weight excluding hydrogens is 396 g/mol. The average Bonchev–Trinajstić information content (AvgIpc) is 3.17. The van der Waals surface area contributed by atoms with Crippen LogP contribution in [-0.2, 0) is 6.54 Å². The van der Waals surface area contributed by atoms with E-state index in [2.05, 4.69) is 28.8 Å². The topological polar surface area (TPSA) is 61.1 Å². The van der Waals surface area contributed by atoms with Gasteiger partial charge in [0.1, 0.15) is 0 Å². The molecule has 1 aromatic carbocycles. The molecule has 2 aromatic rings. The summed E-state index contributed by atoms with van der Waals surface area (Å²) in [6.07, 6.45) is 12.2. The van der Waals surface area contributed by atoms with Gasteiger partial charge in [0.15, 0.2) is 0 Å². The highest BCUT2D eigenvalue weighted by molar-refractivity contribution is 9.10. The average molecular weight is 414 g/mol. The van der Waals surface area contributed by atoms with Gasteiger partial charge in [-0.2, -0.15) is 4.57 Å². The Balaban J connectivity index is 1.77. The third-order valence-electron chi connectivity index (χ3n) is 4.18. The van der Waals surface area contributed by atoms with Gasteiger partial charge in [0.05, 0.1) is 4.47 Å². The second kappa shape index (κ2) is 8.62. The molecule has 0 N–H and O–H groups in total. The van der Waals surface area contributed by atoms with Crippen LogP contribution in [0.3, 0.4) is 0 Å². The fourth-order valence-corrected chi connectivity index (χ4v) is 3.23. The summed E-state index contributed by atoms with van der Waals surface area (Å²) in [6, 6.07) is 8.32. The smallest absolute Gasteiger partial charge is 0.299 e. The van der Waals surface area contributed by atoms with E-state index in [1.54, 1.807) is 30.3 Å². The highest BCUT2D eigenvalue weighted by Gasteiger charge is 2.18. The zero-order valence-corrected chi connectivity index (χ0v) is 15.7. The molecule has 0 unspecified atom stereocenters. The molecule has 1 saturated carbocycles. The summed E-state index contributed by atoms with van der Waals surface area (Å²) in [6.45, 7) is 0.445. The summed E-state index contributed by atoms with van der Waals surface area (Å²) in [5.41, 5.74) is -0.954. The molecule has 26 heavy (non-hydrogen) atoms. The van der Waals surface area contributed by atoms with Gasteiger partial charge in [-0.25, -0.2) is 4.79 Å². The van der Waals surface area contributed by atoms with Crippen LogP contribution in [0.5, 0.6) is 0 Å². The highest BCUT2D eigenvalue weighted by Crippen LogP contribution is 2.27. The third kappa shape index (κ3) is 4.23. The van der Waals surface area contributed by atoms with Crippen LogP contribution >= 0.6 is 15.9 Å². The van der Waals surface area contributed by atoms with E-state index in [1.165, 1.54) is 16.7 Å². The maximum absolute atomic E-state index is 12.7. The fraction of sp³-hybridized carbons (Fsp3) is 0.200. The van der Waals surface area contributed by atoms with Gasteiger partial charge in [-0.1, -0.05) is 24.6 Å².